The largest absolute Gasteiger partial charge is 0.368 e. The molecule has 1 N–H and O–H groups in total. The molecule has 0 spiro atoms. The van der Waals surface area contributed by atoms with Crippen LogP contribution in [0.5, 0.6) is 0 Å². The Labute approximate surface area is 107 Å². The van der Waals surface area contributed by atoms with Crippen LogP contribution in [-0.4, -0.2) is 21.1 Å². The highest BCUT2D eigenvalue weighted by Crippen LogP contribution is 2.20. The molecule has 0 saturated heterocycles. The number of anilines is 1. The van der Waals surface area contributed by atoms with Gasteiger partial charge in [-0.2, -0.15) is 5.10 Å². The van der Waals surface area contributed by atoms with E-state index in [1.807, 2.05) is 16.8 Å². The van der Waals surface area contributed by atoms with Crippen molar-refractivity contribution in [1.82, 2.24) is 14.6 Å². The standard InChI is InChI=1S/C14H18N4/c1-2-4-12(5-3-1)6-8-15-14-13-7-9-17-18(13)11-10-16-14/h4,7,9-11H,1-3,5-6,8H2,(H,15,16). The van der Waals surface area contributed by atoms with E-state index in [1.54, 1.807) is 18.0 Å². The second kappa shape index (κ2) is 5.21. The van der Waals surface area contributed by atoms with E-state index >= 15 is 0 Å². The van der Waals surface area contributed by atoms with Crippen molar-refractivity contribution in [2.24, 2.45) is 0 Å². The van der Waals surface area contributed by atoms with Crippen LogP contribution in [0, 0.1) is 0 Å². The van der Waals surface area contributed by atoms with Crippen LogP contribution >= 0.6 is 0 Å². The van der Waals surface area contributed by atoms with Crippen molar-refractivity contribution in [3.05, 3.63) is 36.3 Å². The minimum Gasteiger partial charge on any atom is -0.368 e. The summed E-state index contributed by atoms with van der Waals surface area (Å²) in [7, 11) is 0. The van der Waals surface area contributed by atoms with Gasteiger partial charge < -0.3 is 5.32 Å². The maximum Gasteiger partial charge on any atom is 0.152 e. The van der Waals surface area contributed by atoms with E-state index in [4.69, 9.17) is 0 Å². The lowest BCUT2D eigenvalue weighted by atomic mass is 9.97. The molecule has 4 heteroatoms. The highest BCUT2D eigenvalue weighted by atomic mass is 15.2. The molecular weight excluding hydrogens is 224 g/mol. The number of rotatable bonds is 4. The van der Waals surface area contributed by atoms with Crippen molar-refractivity contribution in [1.29, 1.82) is 0 Å². The molecule has 4 nitrogen and oxygen atoms in total. The summed E-state index contributed by atoms with van der Waals surface area (Å²) in [5, 5.41) is 7.61. The lowest BCUT2D eigenvalue weighted by Gasteiger charge is -2.13. The molecule has 0 aromatic carbocycles. The van der Waals surface area contributed by atoms with Gasteiger partial charge in [-0.05, 0) is 38.2 Å². The fourth-order valence-electron chi connectivity index (χ4n) is 2.47. The van der Waals surface area contributed by atoms with Gasteiger partial charge in [-0.25, -0.2) is 9.50 Å². The van der Waals surface area contributed by atoms with Gasteiger partial charge in [-0.3, -0.25) is 0 Å². The van der Waals surface area contributed by atoms with Gasteiger partial charge in [0.2, 0.25) is 0 Å². The molecule has 3 rings (SSSR count). The average Bonchev–Trinajstić information content (AvgIpc) is 2.89. The average molecular weight is 242 g/mol. The maximum absolute atomic E-state index is 4.37. The first kappa shape index (κ1) is 11.3. The second-order valence-electron chi connectivity index (χ2n) is 4.72. The van der Waals surface area contributed by atoms with Crippen molar-refractivity contribution >= 4 is 11.3 Å². The second-order valence-corrected chi connectivity index (χ2v) is 4.72. The van der Waals surface area contributed by atoms with E-state index in [9.17, 15) is 0 Å². The Morgan fingerprint density at radius 2 is 2.28 bits per heavy atom. The number of aromatic nitrogens is 3. The number of nitrogens with zero attached hydrogens (tertiary/aromatic N) is 3. The normalized spacial score (nSPS) is 15.7. The van der Waals surface area contributed by atoms with Gasteiger partial charge in [0.1, 0.15) is 5.52 Å². The number of allylic oxidation sites excluding steroid dienone is 1. The predicted molar refractivity (Wildman–Crippen MR) is 72.6 cm³/mol. The lowest BCUT2D eigenvalue weighted by Crippen LogP contribution is -2.07. The predicted octanol–water partition coefficient (Wildman–Crippen LogP) is 3.03. The molecular formula is C14H18N4. The fourth-order valence-corrected chi connectivity index (χ4v) is 2.47. The zero-order valence-electron chi connectivity index (χ0n) is 10.5. The summed E-state index contributed by atoms with van der Waals surface area (Å²) in [6.07, 6.45) is 14.2. The quantitative estimate of drug-likeness (QED) is 0.838. The SMILES string of the molecule is C1=C(CCNc2nccn3nccc23)CCCC1. The van der Waals surface area contributed by atoms with Crippen LogP contribution in [0.3, 0.4) is 0 Å². The van der Waals surface area contributed by atoms with E-state index in [2.05, 4.69) is 21.5 Å². The van der Waals surface area contributed by atoms with Gasteiger partial charge in [-0.1, -0.05) is 11.6 Å². The maximum atomic E-state index is 4.37. The molecule has 0 radical (unpaired) electrons. The van der Waals surface area contributed by atoms with Gasteiger partial charge in [0, 0.05) is 18.9 Å². The van der Waals surface area contributed by atoms with Crippen LogP contribution in [-0.2, 0) is 0 Å². The molecule has 0 atom stereocenters. The van der Waals surface area contributed by atoms with E-state index in [0.717, 1.165) is 24.3 Å². The van der Waals surface area contributed by atoms with Crippen molar-refractivity contribution < 1.29 is 0 Å². The third kappa shape index (κ3) is 2.37. The van der Waals surface area contributed by atoms with Gasteiger partial charge >= 0.3 is 0 Å². The first-order valence-corrected chi connectivity index (χ1v) is 6.63. The summed E-state index contributed by atoms with van der Waals surface area (Å²) < 4.78 is 1.84. The molecule has 1 aliphatic rings. The summed E-state index contributed by atoms with van der Waals surface area (Å²) in [5.74, 6) is 0.923. The number of fused-ring (bicyclic) bond motifs is 1. The van der Waals surface area contributed by atoms with E-state index in [0.29, 0.717) is 0 Å². The minimum absolute atomic E-state index is 0.923. The molecule has 0 saturated carbocycles. The minimum atomic E-state index is 0.923. The molecule has 0 aliphatic heterocycles. The van der Waals surface area contributed by atoms with E-state index in [-0.39, 0.29) is 0 Å². The highest BCUT2D eigenvalue weighted by molar-refractivity contribution is 5.66. The van der Waals surface area contributed by atoms with Crippen molar-refractivity contribution in [2.75, 3.05) is 11.9 Å². The molecule has 0 amide bonds. The molecule has 2 heterocycles. The van der Waals surface area contributed by atoms with Gasteiger partial charge in [0.15, 0.2) is 5.82 Å². The molecule has 0 bridgehead atoms. The number of hydrogen-bond donors (Lipinski definition) is 1. The summed E-state index contributed by atoms with van der Waals surface area (Å²) in [4.78, 5) is 4.37. The van der Waals surface area contributed by atoms with Crippen LogP contribution in [0.4, 0.5) is 5.82 Å². The molecule has 0 unspecified atom stereocenters. The highest BCUT2D eigenvalue weighted by Gasteiger charge is 2.05. The summed E-state index contributed by atoms with van der Waals surface area (Å²) in [5.41, 5.74) is 2.63. The first-order valence-electron chi connectivity index (χ1n) is 6.63. The molecule has 2 aromatic rings. The molecule has 18 heavy (non-hydrogen) atoms. The van der Waals surface area contributed by atoms with E-state index in [1.165, 1.54) is 25.7 Å². The summed E-state index contributed by atoms with van der Waals surface area (Å²) >= 11 is 0. The van der Waals surface area contributed by atoms with Crippen LogP contribution < -0.4 is 5.32 Å². The van der Waals surface area contributed by atoms with Crippen LogP contribution in [0.2, 0.25) is 0 Å². The number of nitrogens with one attached hydrogen (secondary N) is 1. The third-order valence-corrected chi connectivity index (χ3v) is 3.45. The smallest absolute Gasteiger partial charge is 0.152 e. The van der Waals surface area contributed by atoms with Crippen molar-refractivity contribution in [3.8, 4) is 0 Å². The third-order valence-electron chi connectivity index (χ3n) is 3.45. The molecule has 94 valence electrons. The van der Waals surface area contributed by atoms with Crippen LogP contribution in [0.25, 0.3) is 5.52 Å². The Hall–Kier alpha value is -1.84. The monoisotopic (exact) mass is 242 g/mol. The number of hydrogen-bond acceptors (Lipinski definition) is 3. The Bertz CT molecular complexity index is 556. The van der Waals surface area contributed by atoms with Crippen LogP contribution in [0.1, 0.15) is 32.1 Å². The van der Waals surface area contributed by atoms with Crippen molar-refractivity contribution in [3.63, 3.8) is 0 Å². The Kier molecular flexibility index (Phi) is 3.26. The van der Waals surface area contributed by atoms with E-state index < -0.39 is 0 Å². The summed E-state index contributed by atoms with van der Waals surface area (Å²) in [6, 6.07) is 1.98. The summed E-state index contributed by atoms with van der Waals surface area (Å²) in [6.45, 7) is 0.948. The first-order chi connectivity index (χ1) is 8.93. The fraction of sp³-hybridized carbons (Fsp3) is 0.429. The van der Waals surface area contributed by atoms with Gasteiger partial charge in [-0.15, -0.1) is 0 Å². The zero-order chi connectivity index (χ0) is 12.2. The van der Waals surface area contributed by atoms with Gasteiger partial charge in [0.25, 0.3) is 0 Å². The lowest BCUT2D eigenvalue weighted by molar-refractivity contribution is 0.679. The Morgan fingerprint density at radius 3 is 3.17 bits per heavy atom. The van der Waals surface area contributed by atoms with Crippen molar-refractivity contribution in [2.45, 2.75) is 32.1 Å². The topological polar surface area (TPSA) is 42.2 Å². The molecule has 2 aromatic heterocycles. The van der Waals surface area contributed by atoms with Gasteiger partial charge in [0.05, 0.1) is 6.20 Å². The Balaban J connectivity index is 1.62. The molecule has 0 fully saturated rings. The zero-order valence-corrected chi connectivity index (χ0v) is 10.5. The Morgan fingerprint density at radius 1 is 1.28 bits per heavy atom. The van der Waals surface area contributed by atoms with Crippen LogP contribution in [0.15, 0.2) is 36.3 Å². The molecule has 1 aliphatic carbocycles.